The maximum atomic E-state index is 11.8. The number of aliphatic carboxylic acids is 2. The summed E-state index contributed by atoms with van der Waals surface area (Å²) in [4.78, 5) is 142. The molecule has 38 heteroatoms. The topological polar surface area (TPSA) is 607 Å². The number of nitrogens with two attached hydrogens (primary N) is 8. The number of H-pyrrole nitrogens is 4. The molecule has 0 aromatic carbocycles. The van der Waals surface area contributed by atoms with E-state index >= 15 is 0 Å². The number of carbonyl (C=O) groups is 5. The number of aromatic nitrogens is 18. The van der Waals surface area contributed by atoms with E-state index in [9.17, 15) is 43.2 Å². The number of carbonyl (C=O) groups excluding carboxylic acids is 3. The molecule has 12 aromatic rings. The highest BCUT2D eigenvalue weighted by molar-refractivity contribution is 6.00. The lowest BCUT2D eigenvalue weighted by Crippen LogP contribution is -2.11. The van der Waals surface area contributed by atoms with Crippen molar-refractivity contribution in [2.75, 3.05) is 41.5 Å². The fourth-order valence-electron chi connectivity index (χ4n) is 9.53. The van der Waals surface area contributed by atoms with Gasteiger partial charge in [-0.2, -0.15) is 19.9 Å². The number of carboxylic acid groups (broad SMARTS) is 2. The van der Waals surface area contributed by atoms with Gasteiger partial charge in [0.15, 0.2) is 0 Å². The van der Waals surface area contributed by atoms with E-state index in [-0.39, 0.29) is 40.5 Å². The summed E-state index contributed by atoms with van der Waals surface area (Å²) in [5, 5.41) is 20.1. The molecule has 2 amide bonds. The summed E-state index contributed by atoms with van der Waals surface area (Å²) >= 11 is 0. The number of carboxylic acids is 2. The number of hydrogen-bond acceptors (Lipinski definition) is 24. The largest absolute Gasteiger partial charge is 0.478 e. The molecule has 98 heavy (non-hydrogen) atoms. The van der Waals surface area contributed by atoms with Gasteiger partial charge in [0.05, 0.1) is 39.4 Å². The van der Waals surface area contributed by atoms with Crippen LogP contribution in [0.5, 0.6) is 0 Å². The van der Waals surface area contributed by atoms with Crippen LogP contribution in [0.25, 0.3) is 103 Å². The van der Waals surface area contributed by atoms with Gasteiger partial charge in [-0.1, -0.05) is 12.7 Å². The molecule has 12 heterocycles. The van der Waals surface area contributed by atoms with Crippen LogP contribution in [0.2, 0.25) is 0 Å². The number of esters is 1. The average Bonchev–Trinajstić information content (AvgIpc) is 1.67. The Morgan fingerprint density at radius 2 is 0.663 bits per heavy atom. The van der Waals surface area contributed by atoms with E-state index in [1.165, 1.54) is 62.3 Å². The Labute approximate surface area is 548 Å². The van der Waals surface area contributed by atoms with Gasteiger partial charge in [0.2, 0.25) is 35.6 Å². The van der Waals surface area contributed by atoms with Gasteiger partial charge in [-0.3, -0.25) is 48.7 Å². The van der Waals surface area contributed by atoms with Gasteiger partial charge in [-0.15, -0.1) is 0 Å². The summed E-state index contributed by atoms with van der Waals surface area (Å²) in [6, 6.07) is 0. The minimum atomic E-state index is -1.08. The second-order valence-electron chi connectivity index (χ2n) is 20.6. The molecule has 12 aromatic heterocycles. The minimum Gasteiger partial charge on any atom is -0.478 e. The number of nitrogens with zero attached hydrogens (tertiary/aromatic N) is 14. The maximum absolute atomic E-state index is 11.8. The summed E-state index contributed by atoms with van der Waals surface area (Å²) in [6.45, 7) is 3.63. The lowest BCUT2D eigenvalue weighted by Gasteiger charge is -1.96. The first kappa shape index (κ1) is 71.0. The molecule has 0 unspecified atom stereocenters. The zero-order valence-electron chi connectivity index (χ0n) is 53.0. The van der Waals surface area contributed by atoms with Crippen molar-refractivity contribution in [3.63, 3.8) is 0 Å². The van der Waals surface area contributed by atoms with Crippen molar-refractivity contribution in [1.29, 1.82) is 0 Å². The van der Waals surface area contributed by atoms with Gasteiger partial charge in [0.1, 0.15) is 58.2 Å². The number of aryl methyl sites for hydroxylation is 6. The number of rotatable bonds is 11. The molecule has 0 bridgehead atoms. The van der Waals surface area contributed by atoms with Gasteiger partial charge in [-0.05, 0) is 30.4 Å². The maximum Gasteiger partial charge on any atom is 0.330 e. The Kier molecular flexibility index (Phi) is 21.9. The van der Waals surface area contributed by atoms with Crippen LogP contribution in [0.15, 0.2) is 106 Å². The molecule has 0 aliphatic carbocycles. The second-order valence-corrected chi connectivity index (χ2v) is 20.6. The smallest absolute Gasteiger partial charge is 0.330 e. The fourth-order valence-corrected chi connectivity index (χ4v) is 9.53. The van der Waals surface area contributed by atoms with Crippen LogP contribution in [0.1, 0.15) is 33.4 Å². The second kappa shape index (κ2) is 30.3. The molecule has 0 spiro atoms. The van der Waals surface area contributed by atoms with E-state index in [2.05, 4.69) is 71.1 Å². The Morgan fingerprint density at radius 1 is 0.408 bits per heavy atom. The number of anilines is 6. The first-order valence-electron chi connectivity index (χ1n) is 28.0. The predicted octanol–water partition coefficient (Wildman–Crippen LogP) is 0.498. The number of aromatic amines is 4. The van der Waals surface area contributed by atoms with Gasteiger partial charge in [0.25, 0.3) is 22.2 Å². The first-order valence-corrected chi connectivity index (χ1v) is 28.0. The van der Waals surface area contributed by atoms with E-state index in [4.69, 9.17) is 56.1 Å². The summed E-state index contributed by atoms with van der Waals surface area (Å²) in [5.74, 6) is -2.69. The lowest BCUT2D eigenvalue weighted by molar-refractivity contribution is -0.135. The molecule has 0 aliphatic rings. The van der Waals surface area contributed by atoms with E-state index in [0.29, 0.717) is 89.1 Å². The van der Waals surface area contributed by atoms with Crippen molar-refractivity contribution in [3.05, 3.63) is 162 Å². The molecule has 0 atom stereocenters. The molecule has 0 radical (unpaired) electrons. The molecule has 22 N–H and O–H groups in total. The van der Waals surface area contributed by atoms with Crippen LogP contribution < -0.4 is 68.1 Å². The van der Waals surface area contributed by atoms with E-state index in [1.807, 2.05) is 24.9 Å². The molecule has 506 valence electrons. The van der Waals surface area contributed by atoms with Gasteiger partial charge < -0.3 is 88.2 Å². The molecule has 0 saturated carbocycles. The summed E-state index contributed by atoms with van der Waals surface area (Å²) < 4.78 is 14.8. The van der Waals surface area contributed by atoms with Crippen LogP contribution in [0, 0.1) is 0 Å². The Hall–Kier alpha value is -14.5. The van der Waals surface area contributed by atoms with Crippen molar-refractivity contribution in [2.45, 2.75) is 0 Å². The zero-order chi connectivity index (χ0) is 72.1. The van der Waals surface area contributed by atoms with Crippen molar-refractivity contribution in [1.82, 2.24) is 87.2 Å². The number of fused-ring (bicyclic) bond motifs is 6. The highest BCUT2D eigenvalue weighted by Crippen LogP contribution is 2.26. The van der Waals surface area contributed by atoms with Crippen molar-refractivity contribution >= 4 is 168 Å². The molecule has 38 nitrogen and oxygen atoms in total. The Bertz CT molecular complexity index is 5320. The highest BCUT2D eigenvalue weighted by Gasteiger charge is 2.16. The average molecular weight is 1340 g/mol. The predicted molar refractivity (Wildman–Crippen MR) is 370 cm³/mol. The first-order chi connectivity index (χ1) is 46.3. The fraction of sp³-hybridized carbons (Fsp3) is 0.117. The number of nitrogen functional groups attached to an aromatic ring is 6. The monoisotopic (exact) mass is 1340 g/mol. The van der Waals surface area contributed by atoms with Crippen molar-refractivity contribution in [3.8, 4) is 0 Å². The number of amides is 2. The summed E-state index contributed by atoms with van der Waals surface area (Å²) in [6.07, 6.45) is 27.9. The SMILES string of the molecule is C=Cc1cn(C)c2nc(N)[nH]c(=O)c12.COC(=O)/C=C/c1cn(C)c2nc(N)[nH]c(=O)c12.Cn1cc(/C=C/C(=O)O)c2c(=O)[nH]c(N)nc21.Cn1cc(/C=C/C(=O)O)c2c(N)ncnc21.Cn1cc(/C=C/C(N)=O)c2c(=O)[nH]c(N)nc21.Cn1cc(/C=C/C(N)=O)c2c(N)ncnc21. The van der Waals surface area contributed by atoms with Gasteiger partial charge in [-0.25, -0.2) is 34.3 Å². The third-order valence-electron chi connectivity index (χ3n) is 13.6. The Morgan fingerprint density at radius 3 is 0.939 bits per heavy atom. The molecular formula is C60H64N26O12. The quantitative estimate of drug-likeness (QED) is 0.0619. The normalized spacial score (nSPS) is 11.2. The lowest BCUT2D eigenvalue weighted by atomic mass is 10.2. The third-order valence-corrected chi connectivity index (χ3v) is 13.6. The summed E-state index contributed by atoms with van der Waals surface area (Å²) in [5.41, 5.74) is 49.2. The van der Waals surface area contributed by atoms with Crippen LogP contribution in [-0.2, 0) is 71.0 Å². The van der Waals surface area contributed by atoms with Crippen molar-refractivity contribution < 1.29 is 38.9 Å². The molecule has 0 fully saturated rings. The van der Waals surface area contributed by atoms with E-state index in [0.717, 1.165) is 34.3 Å². The molecule has 12 rings (SSSR count). The van der Waals surface area contributed by atoms with E-state index in [1.54, 1.807) is 94.2 Å². The van der Waals surface area contributed by atoms with Crippen LogP contribution in [-0.4, -0.2) is 134 Å². The highest BCUT2D eigenvalue weighted by atomic mass is 16.5. The van der Waals surface area contributed by atoms with Crippen molar-refractivity contribution in [2.24, 2.45) is 53.8 Å². The Balaban J connectivity index is 0.000000166. The van der Waals surface area contributed by atoms with Gasteiger partial charge in [0, 0.05) is 143 Å². The summed E-state index contributed by atoms with van der Waals surface area (Å²) in [7, 11) is 11.9. The number of primary amides is 2. The third kappa shape index (κ3) is 16.6. The van der Waals surface area contributed by atoms with Crippen LogP contribution >= 0.6 is 0 Å². The number of ether oxygens (including phenoxy) is 1. The van der Waals surface area contributed by atoms with Crippen LogP contribution in [0.4, 0.5) is 35.4 Å². The number of nitrogens with one attached hydrogen (secondary N) is 4. The number of methoxy groups -OCH3 is 1. The van der Waals surface area contributed by atoms with Crippen LogP contribution in [0.3, 0.4) is 0 Å². The zero-order valence-corrected chi connectivity index (χ0v) is 53.0. The number of hydrogen-bond donors (Lipinski definition) is 14. The standard InChI is InChI=1S/C11H12N4O3.C10H11N5O2.C10H11N5O.C10H10N4O3.C10H10N4O2.C9H10N4O/c1-15-5-6(3-4-7(16)18-2)8-9(15)13-11(12)14-10(8)17;1-15-4-5(2-3-6(11)16)7-8(15)13-10(12)14-9(7)17;1-15-4-6(2-3-7(11)16)8-9(12)13-5-14-10(8)15;1-14-4-5(2-3-6(15)16)7-8(14)12-10(11)13-9(7)17;1-14-4-6(2-3-7(15)16)8-9(11)12-5-13-10(8)14;1-3-5-4-13(2)7-6(5)8(14)12-9(10)11-7/h3-5H,1-2H3,(H3,12,13,14,17);2-4H,1H3,(H2,11,16)(H3,12,13,14,17);2-5H,1H3,(H2,11,16)(H2,12,13,14);2-4H,1H3,(H,15,16)(H3,11,12,13,17);2-5H,1H3,(H,15,16)(H2,11,12,13);3-4H,1H2,2H3,(H3,10,11,12,14)/b4-3+;4*3-2+;. The van der Waals surface area contributed by atoms with E-state index < -0.39 is 35.3 Å². The van der Waals surface area contributed by atoms with Gasteiger partial charge >= 0.3 is 17.9 Å². The minimum absolute atomic E-state index is 0.0254. The molecule has 0 saturated heterocycles. The molecular weight excluding hydrogens is 1280 g/mol. The molecule has 0 aliphatic heterocycles.